The first-order valence-corrected chi connectivity index (χ1v) is 7.74. The van der Waals surface area contributed by atoms with Crippen LogP contribution in [0.4, 0.5) is 0 Å². The molecule has 22 heavy (non-hydrogen) atoms. The lowest BCUT2D eigenvalue weighted by Gasteiger charge is -2.17. The second kappa shape index (κ2) is 6.79. The Balaban J connectivity index is 2.22. The Morgan fingerprint density at radius 1 is 1.36 bits per heavy atom. The van der Waals surface area contributed by atoms with Crippen molar-refractivity contribution in [1.29, 1.82) is 0 Å². The number of rotatable bonds is 4. The fraction of sp³-hybridized carbons (Fsp3) is 0.312. The first kappa shape index (κ1) is 16.3. The minimum Gasteiger partial charge on any atom is -0.466 e. The highest BCUT2D eigenvalue weighted by Gasteiger charge is 2.29. The van der Waals surface area contributed by atoms with Gasteiger partial charge in [-0.15, -0.1) is 0 Å². The Labute approximate surface area is 133 Å². The number of ether oxygens (including phenoxy) is 1. The van der Waals surface area contributed by atoms with Gasteiger partial charge in [0.05, 0.1) is 30.5 Å². The molecule has 1 saturated heterocycles. The molecule has 0 radical (unpaired) electrons. The summed E-state index contributed by atoms with van der Waals surface area (Å²) in [5.41, 5.74) is 2.46. The number of aryl methyl sites for hydroxylation is 2. The van der Waals surface area contributed by atoms with E-state index in [4.69, 9.17) is 0 Å². The fourth-order valence-electron chi connectivity index (χ4n) is 2.12. The van der Waals surface area contributed by atoms with Gasteiger partial charge in [-0.1, -0.05) is 29.5 Å². The van der Waals surface area contributed by atoms with E-state index in [1.807, 2.05) is 32.0 Å². The average molecular weight is 319 g/mol. The van der Waals surface area contributed by atoms with E-state index in [9.17, 15) is 14.4 Å². The highest BCUT2D eigenvalue weighted by atomic mass is 32.2. The molecule has 6 heteroatoms. The molecule has 0 spiro atoms. The number of benzene rings is 1. The van der Waals surface area contributed by atoms with Gasteiger partial charge in [-0.05, 0) is 25.5 Å². The van der Waals surface area contributed by atoms with Crippen molar-refractivity contribution in [3.63, 3.8) is 0 Å². The second-order valence-electron chi connectivity index (χ2n) is 5.02. The smallest absolute Gasteiger partial charge is 0.333 e. The number of methoxy groups -OCH3 is 1. The van der Waals surface area contributed by atoms with Crippen LogP contribution in [-0.2, 0) is 14.3 Å². The maximum atomic E-state index is 12.5. The van der Waals surface area contributed by atoms with Gasteiger partial charge in [-0.25, -0.2) is 4.79 Å². The van der Waals surface area contributed by atoms with E-state index >= 15 is 0 Å². The van der Waals surface area contributed by atoms with Crippen LogP contribution >= 0.6 is 11.8 Å². The van der Waals surface area contributed by atoms with Crippen molar-refractivity contribution in [3.05, 3.63) is 46.0 Å². The predicted molar refractivity (Wildman–Crippen MR) is 84.5 cm³/mol. The number of Topliss-reactive ketones (excluding diaryl/α,β-unsaturated/α-hetero) is 1. The number of carbonyl (C=O) groups excluding carboxylic acids is 3. The van der Waals surface area contributed by atoms with E-state index in [1.54, 1.807) is 0 Å². The number of hydrogen-bond acceptors (Lipinski definition) is 5. The van der Waals surface area contributed by atoms with Crippen LogP contribution in [0.3, 0.4) is 0 Å². The van der Waals surface area contributed by atoms with Crippen LogP contribution in [0.15, 0.2) is 29.3 Å². The van der Waals surface area contributed by atoms with Gasteiger partial charge in [0.2, 0.25) is 5.91 Å². The number of amides is 1. The Hall–Kier alpha value is -2.08. The van der Waals surface area contributed by atoms with Gasteiger partial charge in [0.25, 0.3) is 0 Å². The van der Waals surface area contributed by atoms with E-state index in [0.29, 0.717) is 10.6 Å². The van der Waals surface area contributed by atoms with Gasteiger partial charge in [0.1, 0.15) is 0 Å². The number of carbonyl (C=O) groups is 3. The molecule has 1 aromatic rings. The molecule has 2 rings (SSSR count). The standard InChI is InChI=1S/C16H17NO4S/c1-10-4-5-11(2)12(6-10)13(18)8-17-14(19)9-22-15(17)7-16(20)21-3/h4-7H,8-9H2,1-3H3. The van der Waals surface area contributed by atoms with Gasteiger partial charge in [0, 0.05) is 5.56 Å². The molecule has 0 saturated carbocycles. The van der Waals surface area contributed by atoms with E-state index in [1.165, 1.54) is 29.8 Å². The van der Waals surface area contributed by atoms with Crippen molar-refractivity contribution in [2.75, 3.05) is 19.4 Å². The van der Waals surface area contributed by atoms with Crippen molar-refractivity contribution in [2.24, 2.45) is 0 Å². The summed E-state index contributed by atoms with van der Waals surface area (Å²) in [6.45, 7) is 3.70. The van der Waals surface area contributed by atoms with Crippen LogP contribution in [0, 0.1) is 13.8 Å². The molecule has 0 aliphatic carbocycles. The predicted octanol–water partition coefficient (Wildman–Crippen LogP) is 2.08. The van der Waals surface area contributed by atoms with Crippen molar-refractivity contribution in [1.82, 2.24) is 4.90 Å². The zero-order valence-electron chi connectivity index (χ0n) is 12.7. The molecule has 0 bridgehead atoms. The summed E-state index contributed by atoms with van der Waals surface area (Å²) in [7, 11) is 1.27. The molecular formula is C16H17NO4S. The van der Waals surface area contributed by atoms with E-state index in [-0.39, 0.29) is 24.0 Å². The van der Waals surface area contributed by atoms with Crippen molar-refractivity contribution in [3.8, 4) is 0 Å². The molecule has 1 heterocycles. The summed E-state index contributed by atoms with van der Waals surface area (Å²) in [5, 5.41) is 0.454. The van der Waals surface area contributed by atoms with Crippen LogP contribution in [0.25, 0.3) is 0 Å². The molecule has 5 nitrogen and oxygen atoms in total. The van der Waals surface area contributed by atoms with Gasteiger partial charge < -0.3 is 4.74 Å². The summed E-state index contributed by atoms with van der Waals surface area (Å²) < 4.78 is 4.57. The summed E-state index contributed by atoms with van der Waals surface area (Å²) in [4.78, 5) is 37.1. The maximum Gasteiger partial charge on any atom is 0.333 e. The molecule has 1 amide bonds. The first-order valence-electron chi connectivity index (χ1n) is 6.75. The monoisotopic (exact) mass is 319 g/mol. The quantitative estimate of drug-likeness (QED) is 0.483. The van der Waals surface area contributed by atoms with Crippen LogP contribution in [-0.4, -0.2) is 42.0 Å². The number of ketones is 1. The second-order valence-corrected chi connectivity index (χ2v) is 6.01. The zero-order chi connectivity index (χ0) is 16.3. The lowest BCUT2D eigenvalue weighted by molar-refractivity contribution is -0.134. The highest BCUT2D eigenvalue weighted by molar-refractivity contribution is 8.04. The van der Waals surface area contributed by atoms with Crippen molar-refractivity contribution < 1.29 is 19.1 Å². The SMILES string of the molecule is COC(=O)C=C1SCC(=O)N1CC(=O)c1cc(C)ccc1C. The van der Waals surface area contributed by atoms with Crippen molar-refractivity contribution >= 4 is 29.4 Å². The lowest BCUT2D eigenvalue weighted by Crippen LogP contribution is -2.31. The van der Waals surface area contributed by atoms with Crippen molar-refractivity contribution in [2.45, 2.75) is 13.8 Å². The van der Waals surface area contributed by atoms with E-state index in [2.05, 4.69) is 4.74 Å². The number of esters is 1. The molecule has 0 unspecified atom stereocenters. The minimum atomic E-state index is -0.540. The normalized spacial score (nSPS) is 16.2. The Bertz CT molecular complexity index is 666. The molecule has 1 aliphatic heterocycles. The molecule has 1 aliphatic rings. The first-order chi connectivity index (χ1) is 10.4. The van der Waals surface area contributed by atoms with Crippen LogP contribution < -0.4 is 0 Å². The molecule has 0 aromatic heterocycles. The highest BCUT2D eigenvalue weighted by Crippen LogP contribution is 2.29. The summed E-state index contributed by atoms with van der Waals surface area (Å²) in [6.07, 6.45) is 1.24. The zero-order valence-corrected chi connectivity index (χ0v) is 13.5. The van der Waals surface area contributed by atoms with Gasteiger partial charge >= 0.3 is 5.97 Å². The molecule has 116 valence electrons. The molecule has 1 aromatic carbocycles. The summed E-state index contributed by atoms with van der Waals surface area (Å²) in [5.74, 6) is -0.642. The number of hydrogen-bond donors (Lipinski definition) is 0. The van der Waals surface area contributed by atoms with Gasteiger partial charge in [-0.2, -0.15) is 0 Å². The third kappa shape index (κ3) is 3.57. The third-order valence-electron chi connectivity index (χ3n) is 3.35. The molecule has 0 N–H and O–H groups in total. The summed E-state index contributed by atoms with van der Waals surface area (Å²) in [6, 6.07) is 5.63. The topological polar surface area (TPSA) is 63.7 Å². The Morgan fingerprint density at radius 2 is 2.09 bits per heavy atom. The summed E-state index contributed by atoms with van der Waals surface area (Å²) >= 11 is 1.23. The van der Waals surface area contributed by atoms with Crippen LogP contribution in [0.5, 0.6) is 0 Å². The molecular weight excluding hydrogens is 302 g/mol. The minimum absolute atomic E-state index is 0.0705. The number of nitrogens with zero attached hydrogens (tertiary/aromatic N) is 1. The Kier molecular flexibility index (Phi) is 5.03. The fourth-order valence-corrected chi connectivity index (χ4v) is 3.05. The molecule has 0 atom stereocenters. The van der Waals surface area contributed by atoms with Gasteiger partial charge in [0.15, 0.2) is 5.78 Å². The van der Waals surface area contributed by atoms with E-state index in [0.717, 1.165) is 11.1 Å². The number of thioether (sulfide) groups is 1. The van der Waals surface area contributed by atoms with Gasteiger partial charge in [-0.3, -0.25) is 14.5 Å². The largest absolute Gasteiger partial charge is 0.466 e. The third-order valence-corrected chi connectivity index (χ3v) is 4.37. The van der Waals surface area contributed by atoms with Crippen LogP contribution in [0.1, 0.15) is 21.5 Å². The van der Waals surface area contributed by atoms with Crippen LogP contribution in [0.2, 0.25) is 0 Å². The maximum absolute atomic E-state index is 12.5. The molecule has 1 fully saturated rings. The van der Waals surface area contributed by atoms with E-state index < -0.39 is 5.97 Å². The average Bonchev–Trinajstić information content (AvgIpc) is 2.82. The Morgan fingerprint density at radius 3 is 2.77 bits per heavy atom. The lowest BCUT2D eigenvalue weighted by atomic mass is 10.0.